The number of likely N-dealkylation sites (N-methyl/N-ethyl adjacent to an activating group) is 1. The van der Waals surface area contributed by atoms with Crippen LogP contribution in [0.5, 0.6) is 0 Å². The summed E-state index contributed by atoms with van der Waals surface area (Å²) >= 11 is 0. The van der Waals surface area contributed by atoms with E-state index in [1.165, 1.54) is 0 Å². The van der Waals surface area contributed by atoms with E-state index < -0.39 is 0 Å². The number of hydrogen-bond donors (Lipinski definition) is 1. The van der Waals surface area contributed by atoms with Crippen molar-refractivity contribution in [1.82, 2.24) is 10.3 Å². The van der Waals surface area contributed by atoms with Gasteiger partial charge in [-0.25, -0.2) is 4.63 Å². The van der Waals surface area contributed by atoms with E-state index in [1.54, 1.807) is 0 Å². The van der Waals surface area contributed by atoms with E-state index >= 15 is 0 Å². The van der Waals surface area contributed by atoms with Crippen LogP contribution in [0.3, 0.4) is 0 Å². The molecule has 0 aliphatic carbocycles. The number of aromatic nitrogens is 2. The smallest absolute Gasteiger partial charge is 0.160 e. The van der Waals surface area contributed by atoms with Gasteiger partial charge in [-0.2, -0.15) is 0 Å². The van der Waals surface area contributed by atoms with Gasteiger partial charge in [0, 0.05) is 13.7 Å². The molecule has 18 heavy (non-hydrogen) atoms. The average Bonchev–Trinajstić information content (AvgIpc) is 2.97. The Kier molecular flexibility index (Phi) is 2.59. The zero-order valence-corrected chi connectivity index (χ0v) is 10.5. The highest BCUT2D eigenvalue weighted by atomic mass is 16.6. The molecule has 0 amide bonds. The number of fused-ring (bicyclic) bond motifs is 1. The average molecular weight is 248 g/mol. The van der Waals surface area contributed by atoms with Crippen molar-refractivity contribution in [3.63, 3.8) is 0 Å². The zero-order chi connectivity index (χ0) is 12.7. The molecule has 3 rings (SSSR count). The molecule has 0 radical (unpaired) electrons. The maximum absolute atomic E-state index is 5.84. The van der Waals surface area contributed by atoms with Crippen LogP contribution >= 0.6 is 0 Å². The summed E-state index contributed by atoms with van der Waals surface area (Å²) in [6.45, 7) is 2.88. The third kappa shape index (κ3) is 1.60. The monoisotopic (exact) mass is 248 g/mol. The van der Waals surface area contributed by atoms with E-state index in [9.17, 15) is 0 Å². The summed E-state index contributed by atoms with van der Waals surface area (Å²) in [7, 11) is 2.04. The lowest BCUT2D eigenvalue weighted by molar-refractivity contribution is 0.118. The largest absolute Gasteiger partial charge is 0.397 e. The predicted molar refractivity (Wildman–Crippen MR) is 68.4 cm³/mol. The van der Waals surface area contributed by atoms with Crippen LogP contribution in [0.1, 0.15) is 13.3 Å². The number of nitrogen functional groups attached to an aromatic ring is 1. The van der Waals surface area contributed by atoms with Gasteiger partial charge in [0.25, 0.3) is 0 Å². The molecule has 0 saturated carbocycles. The highest BCUT2D eigenvalue weighted by molar-refractivity contribution is 5.95. The molecule has 0 bridgehead atoms. The highest BCUT2D eigenvalue weighted by Crippen LogP contribution is 2.31. The molecule has 1 aromatic carbocycles. The summed E-state index contributed by atoms with van der Waals surface area (Å²) in [5.41, 5.74) is 8.72. The predicted octanol–water partition coefficient (Wildman–Crippen LogP) is 1.42. The van der Waals surface area contributed by atoms with Gasteiger partial charge in [0.05, 0.1) is 23.5 Å². The summed E-state index contributed by atoms with van der Waals surface area (Å²) in [4.78, 5) is 2.17. The Labute approximate surface area is 105 Å². The maximum atomic E-state index is 5.84. The molecule has 2 heterocycles. The first-order valence-corrected chi connectivity index (χ1v) is 6.03. The van der Waals surface area contributed by atoms with Crippen LogP contribution in [0.4, 0.5) is 11.4 Å². The quantitative estimate of drug-likeness (QED) is 0.810. The molecule has 0 spiro atoms. The number of nitrogens with zero attached hydrogens (tertiary/aromatic N) is 3. The van der Waals surface area contributed by atoms with Crippen molar-refractivity contribution in [2.75, 3.05) is 24.3 Å². The molecule has 6 heteroatoms. The molecule has 1 saturated heterocycles. The van der Waals surface area contributed by atoms with Crippen LogP contribution in [-0.4, -0.2) is 36.1 Å². The molecule has 2 unspecified atom stereocenters. The lowest BCUT2D eigenvalue weighted by Gasteiger charge is -2.28. The van der Waals surface area contributed by atoms with Gasteiger partial charge in [-0.1, -0.05) is 0 Å². The summed E-state index contributed by atoms with van der Waals surface area (Å²) in [5, 5.41) is 7.79. The van der Waals surface area contributed by atoms with Crippen molar-refractivity contribution < 1.29 is 9.37 Å². The van der Waals surface area contributed by atoms with E-state index in [1.807, 2.05) is 19.2 Å². The van der Waals surface area contributed by atoms with Gasteiger partial charge in [-0.05, 0) is 35.8 Å². The molecular formula is C12H16N4O2. The number of nitrogens with two attached hydrogens (primary N) is 1. The first-order chi connectivity index (χ1) is 8.68. The van der Waals surface area contributed by atoms with Gasteiger partial charge in [-0.15, -0.1) is 0 Å². The third-order valence-electron chi connectivity index (χ3n) is 3.64. The van der Waals surface area contributed by atoms with E-state index in [0.717, 1.165) is 18.7 Å². The number of hydrogen-bond acceptors (Lipinski definition) is 6. The Morgan fingerprint density at radius 2 is 2.11 bits per heavy atom. The molecule has 2 N–H and O–H groups in total. The van der Waals surface area contributed by atoms with Crippen molar-refractivity contribution in [3.8, 4) is 0 Å². The van der Waals surface area contributed by atoms with Gasteiger partial charge < -0.3 is 15.4 Å². The van der Waals surface area contributed by atoms with Crippen LogP contribution in [-0.2, 0) is 4.74 Å². The minimum absolute atomic E-state index is 0.211. The van der Waals surface area contributed by atoms with Crippen molar-refractivity contribution in [2.24, 2.45) is 0 Å². The fourth-order valence-corrected chi connectivity index (χ4v) is 2.56. The molecule has 2 atom stereocenters. The van der Waals surface area contributed by atoms with Gasteiger partial charge in [0.1, 0.15) is 0 Å². The van der Waals surface area contributed by atoms with Gasteiger partial charge in [0.15, 0.2) is 11.0 Å². The first-order valence-electron chi connectivity index (χ1n) is 6.03. The summed E-state index contributed by atoms with van der Waals surface area (Å²) in [6, 6.07) is 4.12. The molecule has 6 nitrogen and oxygen atoms in total. The lowest BCUT2D eigenvalue weighted by atomic mass is 10.1. The second kappa shape index (κ2) is 4.13. The zero-order valence-electron chi connectivity index (χ0n) is 10.5. The SMILES string of the molecule is CC1OCCC1N(C)c1ccc(N)c2nonc12. The molecule has 1 aliphatic heterocycles. The molecule has 1 aliphatic rings. The fourth-order valence-electron chi connectivity index (χ4n) is 2.56. The minimum Gasteiger partial charge on any atom is -0.397 e. The topological polar surface area (TPSA) is 77.4 Å². The van der Waals surface area contributed by atoms with Crippen molar-refractivity contribution >= 4 is 22.4 Å². The molecule has 1 aromatic heterocycles. The molecular weight excluding hydrogens is 232 g/mol. The summed E-state index contributed by atoms with van der Waals surface area (Å²) in [5.74, 6) is 0. The summed E-state index contributed by atoms with van der Waals surface area (Å²) in [6.07, 6.45) is 1.22. The van der Waals surface area contributed by atoms with Gasteiger partial charge >= 0.3 is 0 Å². The second-order valence-corrected chi connectivity index (χ2v) is 4.68. The summed E-state index contributed by atoms with van der Waals surface area (Å²) < 4.78 is 10.4. The fraction of sp³-hybridized carbons (Fsp3) is 0.500. The second-order valence-electron chi connectivity index (χ2n) is 4.68. The number of ether oxygens (including phenoxy) is 1. The normalized spacial score (nSPS) is 23.7. The van der Waals surface area contributed by atoms with Crippen LogP contribution in [0.15, 0.2) is 16.8 Å². The van der Waals surface area contributed by atoms with Crippen LogP contribution in [0, 0.1) is 0 Å². The van der Waals surface area contributed by atoms with E-state index in [0.29, 0.717) is 22.8 Å². The van der Waals surface area contributed by atoms with Crippen LogP contribution in [0.25, 0.3) is 11.0 Å². The number of anilines is 2. The Morgan fingerprint density at radius 3 is 2.83 bits per heavy atom. The lowest BCUT2D eigenvalue weighted by Crippen LogP contribution is -2.36. The minimum atomic E-state index is 0.211. The highest BCUT2D eigenvalue weighted by Gasteiger charge is 2.29. The van der Waals surface area contributed by atoms with Crippen molar-refractivity contribution in [3.05, 3.63) is 12.1 Å². The Bertz CT molecular complexity index is 568. The Balaban J connectivity index is 2.03. The van der Waals surface area contributed by atoms with E-state index in [2.05, 4.69) is 22.1 Å². The number of rotatable bonds is 2. The van der Waals surface area contributed by atoms with Crippen LogP contribution < -0.4 is 10.6 Å². The Hall–Kier alpha value is -1.82. The van der Waals surface area contributed by atoms with Crippen molar-refractivity contribution in [1.29, 1.82) is 0 Å². The van der Waals surface area contributed by atoms with E-state index in [-0.39, 0.29) is 6.10 Å². The number of benzene rings is 1. The molecule has 2 aromatic rings. The molecule has 96 valence electrons. The third-order valence-corrected chi connectivity index (χ3v) is 3.64. The molecule has 1 fully saturated rings. The first kappa shape index (κ1) is 11.3. The maximum Gasteiger partial charge on any atom is 0.160 e. The standard InChI is InChI=1S/C12H16N4O2/c1-7-9(5-6-17-7)16(2)10-4-3-8(13)11-12(10)15-18-14-11/h3-4,7,9H,5-6,13H2,1-2H3. The van der Waals surface area contributed by atoms with Crippen LogP contribution in [0.2, 0.25) is 0 Å². The van der Waals surface area contributed by atoms with Gasteiger partial charge in [0.2, 0.25) is 0 Å². The van der Waals surface area contributed by atoms with Gasteiger partial charge in [-0.3, -0.25) is 0 Å². The Morgan fingerprint density at radius 1 is 1.33 bits per heavy atom. The van der Waals surface area contributed by atoms with E-state index in [4.69, 9.17) is 15.1 Å². The van der Waals surface area contributed by atoms with Crippen molar-refractivity contribution in [2.45, 2.75) is 25.5 Å².